The van der Waals surface area contributed by atoms with Gasteiger partial charge in [0.15, 0.2) is 16.6 Å². The molecule has 0 aliphatic rings. The third-order valence-electron chi connectivity index (χ3n) is 4.97. The van der Waals surface area contributed by atoms with E-state index in [0.29, 0.717) is 28.7 Å². The second-order valence-electron chi connectivity index (χ2n) is 7.21. The highest BCUT2D eigenvalue weighted by Gasteiger charge is 2.24. The van der Waals surface area contributed by atoms with Crippen LogP contribution in [0.3, 0.4) is 0 Å². The number of methoxy groups -OCH3 is 2. The van der Waals surface area contributed by atoms with Crippen LogP contribution in [0.2, 0.25) is 0 Å². The molecular formula is C24H23N3O3S. The van der Waals surface area contributed by atoms with Crippen molar-refractivity contribution in [3.05, 3.63) is 77.1 Å². The molecule has 4 aromatic rings. The Labute approximate surface area is 185 Å². The molecule has 0 aliphatic carbocycles. The van der Waals surface area contributed by atoms with Gasteiger partial charge in [0.1, 0.15) is 0 Å². The van der Waals surface area contributed by atoms with Gasteiger partial charge in [-0.3, -0.25) is 14.7 Å². The van der Waals surface area contributed by atoms with Gasteiger partial charge in [0.25, 0.3) is 5.91 Å². The maximum Gasteiger partial charge on any atom is 0.260 e. The van der Waals surface area contributed by atoms with Crippen LogP contribution < -0.4 is 14.4 Å². The number of nitrogens with zero attached hydrogens (tertiary/aromatic N) is 3. The molecule has 0 saturated heterocycles. The van der Waals surface area contributed by atoms with E-state index in [-0.39, 0.29) is 5.91 Å². The van der Waals surface area contributed by atoms with Crippen molar-refractivity contribution in [2.24, 2.45) is 0 Å². The quantitative estimate of drug-likeness (QED) is 0.420. The molecule has 6 nitrogen and oxygen atoms in total. The lowest BCUT2D eigenvalue weighted by Gasteiger charge is -2.20. The number of pyridine rings is 1. The first-order chi connectivity index (χ1) is 15.0. The number of fused-ring (bicyclic) bond motifs is 1. The van der Waals surface area contributed by atoms with Crippen LogP contribution in [0.25, 0.3) is 10.2 Å². The fourth-order valence-electron chi connectivity index (χ4n) is 3.48. The number of aromatic nitrogens is 2. The van der Waals surface area contributed by atoms with Gasteiger partial charge >= 0.3 is 0 Å². The van der Waals surface area contributed by atoms with Crippen molar-refractivity contribution in [2.75, 3.05) is 19.1 Å². The van der Waals surface area contributed by atoms with Gasteiger partial charge in [-0.25, -0.2) is 4.98 Å². The molecule has 1 amide bonds. The molecule has 7 heteroatoms. The maximum atomic E-state index is 13.6. The molecule has 0 unspecified atom stereocenters. The summed E-state index contributed by atoms with van der Waals surface area (Å²) in [4.78, 5) is 24.5. The summed E-state index contributed by atoms with van der Waals surface area (Å²) in [5, 5.41) is 0.633. The summed E-state index contributed by atoms with van der Waals surface area (Å²) in [6, 6.07) is 15.0. The van der Waals surface area contributed by atoms with Crippen LogP contribution in [0.4, 0.5) is 5.13 Å². The average Bonchev–Trinajstić information content (AvgIpc) is 3.21. The summed E-state index contributed by atoms with van der Waals surface area (Å²) in [6.07, 6.45) is 1.72. The smallest absolute Gasteiger partial charge is 0.260 e. The minimum atomic E-state index is -0.181. The molecule has 0 atom stereocenters. The zero-order chi connectivity index (χ0) is 22.0. The van der Waals surface area contributed by atoms with Gasteiger partial charge < -0.3 is 9.47 Å². The number of benzene rings is 2. The van der Waals surface area contributed by atoms with Crippen LogP contribution in [-0.2, 0) is 6.54 Å². The van der Waals surface area contributed by atoms with Crippen LogP contribution in [0.1, 0.15) is 27.2 Å². The molecule has 2 heterocycles. The monoisotopic (exact) mass is 433 g/mol. The standard InChI is InChI=1S/C24H23N3O3S/c1-15-11-16(2)22-21(12-15)31-24(26-22)27(14-18-7-5-6-10-25-18)23(28)17-8-9-19(29-3)20(13-17)30-4/h5-13H,14H2,1-4H3. The van der Waals surface area contributed by atoms with Crippen LogP contribution in [-0.4, -0.2) is 30.1 Å². The largest absolute Gasteiger partial charge is 0.493 e. The predicted octanol–water partition coefficient (Wildman–Crippen LogP) is 5.17. The molecule has 0 bridgehead atoms. The second-order valence-corrected chi connectivity index (χ2v) is 8.22. The van der Waals surface area contributed by atoms with Crippen LogP contribution in [0.15, 0.2) is 54.7 Å². The van der Waals surface area contributed by atoms with Crippen molar-refractivity contribution in [1.82, 2.24) is 9.97 Å². The van der Waals surface area contributed by atoms with Gasteiger partial charge in [-0.15, -0.1) is 0 Å². The Balaban J connectivity index is 1.79. The number of ether oxygens (including phenoxy) is 2. The summed E-state index contributed by atoms with van der Waals surface area (Å²) in [6.45, 7) is 4.41. The van der Waals surface area contributed by atoms with E-state index in [1.807, 2.05) is 25.1 Å². The molecule has 2 aromatic heterocycles. The number of thiazole rings is 1. The number of rotatable bonds is 6. The number of carbonyl (C=O) groups is 1. The molecule has 0 saturated carbocycles. The van der Waals surface area contributed by atoms with E-state index in [9.17, 15) is 4.79 Å². The zero-order valence-corrected chi connectivity index (χ0v) is 18.7. The first kappa shape index (κ1) is 20.8. The van der Waals surface area contributed by atoms with Crippen LogP contribution in [0, 0.1) is 13.8 Å². The number of amides is 1. The molecule has 0 fully saturated rings. The van der Waals surface area contributed by atoms with Gasteiger partial charge in [-0.2, -0.15) is 0 Å². The van der Waals surface area contributed by atoms with E-state index < -0.39 is 0 Å². The normalized spacial score (nSPS) is 10.8. The Morgan fingerprint density at radius 1 is 1.03 bits per heavy atom. The Morgan fingerprint density at radius 3 is 2.55 bits per heavy atom. The number of hydrogen-bond acceptors (Lipinski definition) is 6. The molecule has 0 aliphatic heterocycles. The van der Waals surface area contributed by atoms with Crippen molar-refractivity contribution >= 4 is 32.6 Å². The Bertz CT molecular complexity index is 1240. The molecule has 4 rings (SSSR count). The third-order valence-corrected chi connectivity index (χ3v) is 6.00. The van der Waals surface area contributed by atoms with Crippen LogP contribution >= 0.6 is 11.3 Å². The van der Waals surface area contributed by atoms with E-state index in [0.717, 1.165) is 21.5 Å². The second kappa shape index (κ2) is 8.73. The summed E-state index contributed by atoms with van der Waals surface area (Å²) in [7, 11) is 3.12. The Morgan fingerprint density at radius 2 is 1.84 bits per heavy atom. The third kappa shape index (κ3) is 4.22. The predicted molar refractivity (Wildman–Crippen MR) is 123 cm³/mol. The summed E-state index contributed by atoms with van der Waals surface area (Å²) >= 11 is 1.50. The highest BCUT2D eigenvalue weighted by Crippen LogP contribution is 2.34. The highest BCUT2D eigenvalue weighted by molar-refractivity contribution is 7.22. The molecule has 0 spiro atoms. The minimum Gasteiger partial charge on any atom is -0.493 e. The first-order valence-electron chi connectivity index (χ1n) is 9.81. The van der Waals surface area contributed by atoms with Gasteiger partial charge in [0.2, 0.25) is 0 Å². The average molecular weight is 434 g/mol. The molecule has 31 heavy (non-hydrogen) atoms. The SMILES string of the molecule is COc1ccc(C(=O)N(Cc2ccccn2)c2nc3c(C)cc(C)cc3s2)cc1OC. The van der Waals surface area contributed by atoms with E-state index >= 15 is 0 Å². The summed E-state index contributed by atoms with van der Waals surface area (Å²) in [5.41, 5.74) is 4.44. The zero-order valence-electron chi connectivity index (χ0n) is 17.9. The van der Waals surface area contributed by atoms with E-state index in [1.165, 1.54) is 16.9 Å². The number of aryl methyl sites for hydroxylation is 2. The van der Waals surface area contributed by atoms with Gasteiger partial charge in [0.05, 0.1) is 36.7 Å². The fourth-order valence-corrected chi connectivity index (χ4v) is 4.62. The van der Waals surface area contributed by atoms with Gasteiger partial charge in [-0.05, 0) is 61.4 Å². The maximum absolute atomic E-state index is 13.6. The molecular weight excluding hydrogens is 410 g/mol. The number of hydrogen-bond donors (Lipinski definition) is 0. The number of carbonyl (C=O) groups excluding carboxylic acids is 1. The van der Waals surface area contributed by atoms with Crippen molar-refractivity contribution in [3.63, 3.8) is 0 Å². The lowest BCUT2D eigenvalue weighted by molar-refractivity contribution is 0.0984. The Hall–Kier alpha value is -3.45. The molecule has 2 aromatic carbocycles. The minimum absolute atomic E-state index is 0.181. The summed E-state index contributed by atoms with van der Waals surface area (Å²) < 4.78 is 11.7. The topological polar surface area (TPSA) is 64.5 Å². The molecule has 158 valence electrons. The Kier molecular flexibility index (Phi) is 5.86. The van der Waals surface area contributed by atoms with E-state index in [1.54, 1.807) is 43.5 Å². The fraction of sp³-hybridized carbons (Fsp3) is 0.208. The van der Waals surface area contributed by atoms with Crippen molar-refractivity contribution in [2.45, 2.75) is 20.4 Å². The van der Waals surface area contributed by atoms with Gasteiger partial charge in [-0.1, -0.05) is 23.5 Å². The van der Waals surface area contributed by atoms with E-state index in [2.05, 4.69) is 24.0 Å². The highest BCUT2D eigenvalue weighted by atomic mass is 32.1. The lowest BCUT2D eigenvalue weighted by Crippen LogP contribution is -2.30. The molecule has 0 radical (unpaired) electrons. The van der Waals surface area contributed by atoms with Crippen LogP contribution in [0.5, 0.6) is 11.5 Å². The summed E-state index contributed by atoms with van der Waals surface area (Å²) in [5.74, 6) is 0.892. The number of anilines is 1. The van der Waals surface area contributed by atoms with Crippen molar-refractivity contribution in [3.8, 4) is 11.5 Å². The van der Waals surface area contributed by atoms with Crippen molar-refractivity contribution < 1.29 is 14.3 Å². The lowest BCUT2D eigenvalue weighted by atomic mass is 10.1. The van der Waals surface area contributed by atoms with Gasteiger partial charge in [0, 0.05) is 11.8 Å². The van der Waals surface area contributed by atoms with E-state index in [4.69, 9.17) is 14.5 Å². The first-order valence-corrected chi connectivity index (χ1v) is 10.6. The van der Waals surface area contributed by atoms with Crippen molar-refractivity contribution in [1.29, 1.82) is 0 Å². The molecule has 0 N–H and O–H groups in total.